The van der Waals surface area contributed by atoms with Gasteiger partial charge in [-0.1, -0.05) is 42.5 Å². The number of fused-ring (bicyclic) bond motifs is 2. The van der Waals surface area contributed by atoms with Crippen molar-refractivity contribution in [2.75, 3.05) is 6.54 Å². The van der Waals surface area contributed by atoms with Gasteiger partial charge in [-0.3, -0.25) is 4.79 Å². The molecule has 2 saturated carbocycles. The first-order valence-corrected chi connectivity index (χ1v) is 10.2. The Morgan fingerprint density at radius 1 is 1.14 bits per heavy atom. The lowest BCUT2D eigenvalue weighted by Crippen LogP contribution is -2.49. The van der Waals surface area contributed by atoms with Crippen molar-refractivity contribution in [3.05, 3.63) is 66.0 Å². The summed E-state index contributed by atoms with van der Waals surface area (Å²) >= 11 is 0. The molecule has 2 aromatic carbocycles. The van der Waals surface area contributed by atoms with Crippen molar-refractivity contribution >= 4 is 16.9 Å². The molecule has 2 aliphatic carbocycles. The molecule has 5 rings (SSSR count). The number of benzene rings is 2. The van der Waals surface area contributed by atoms with Crippen molar-refractivity contribution in [3.8, 4) is 0 Å². The number of aromatic amines is 1. The molecular weight excluding hydrogens is 348 g/mol. The third kappa shape index (κ3) is 2.57. The Morgan fingerprint density at radius 3 is 2.71 bits per heavy atom. The zero-order valence-corrected chi connectivity index (χ0v) is 16.2. The second kappa shape index (κ2) is 6.45. The fourth-order valence-electron chi connectivity index (χ4n) is 5.28. The number of carbonyl (C=O) groups excluding carboxylic acids is 1. The van der Waals surface area contributed by atoms with E-state index in [2.05, 4.69) is 51.4 Å². The zero-order valence-electron chi connectivity index (χ0n) is 16.2. The quantitative estimate of drug-likeness (QED) is 0.688. The van der Waals surface area contributed by atoms with E-state index in [-0.39, 0.29) is 17.0 Å². The second-order valence-corrected chi connectivity index (χ2v) is 8.14. The number of nitrogens with one attached hydrogen (secondary N) is 2. The van der Waals surface area contributed by atoms with Crippen LogP contribution in [0.2, 0.25) is 0 Å². The number of hydrogen-bond donors (Lipinski definition) is 2. The van der Waals surface area contributed by atoms with Crippen LogP contribution >= 0.6 is 0 Å². The highest BCUT2D eigenvalue weighted by atomic mass is 16.2. The number of rotatable bonds is 6. The third-order valence-corrected chi connectivity index (χ3v) is 6.70. The Morgan fingerprint density at radius 2 is 1.93 bits per heavy atom. The summed E-state index contributed by atoms with van der Waals surface area (Å²) in [6.07, 6.45) is 4.39. The maximum Gasteiger partial charge on any atom is 0.290 e. The first-order chi connectivity index (χ1) is 13.7. The van der Waals surface area contributed by atoms with Gasteiger partial charge in [0.2, 0.25) is 0 Å². The van der Waals surface area contributed by atoms with Gasteiger partial charge in [-0.25, -0.2) is 4.98 Å². The van der Waals surface area contributed by atoms with Gasteiger partial charge in [0, 0.05) is 18.6 Å². The molecule has 144 valence electrons. The number of likely N-dealkylation sites (N-methyl/N-ethyl adjacent to an activating group) is 1. The Labute approximate surface area is 165 Å². The number of hydrogen-bond acceptors (Lipinski definition) is 3. The van der Waals surface area contributed by atoms with Crippen molar-refractivity contribution in [3.63, 3.8) is 0 Å². The molecule has 0 bridgehead atoms. The molecule has 2 atom stereocenters. The predicted octanol–water partition coefficient (Wildman–Crippen LogP) is 3.88. The van der Waals surface area contributed by atoms with E-state index in [4.69, 9.17) is 0 Å². The van der Waals surface area contributed by atoms with Crippen LogP contribution < -0.4 is 5.32 Å². The summed E-state index contributed by atoms with van der Waals surface area (Å²) in [7, 11) is 0. The highest BCUT2D eigenvalue weighted by Crippen LogP contribution is 2.63. The first-order valence-electron chi connectivity index (χ1n) is 10.2. The minimum atomic E-state index is -0.0768. The van der Waals surface area contributed by atoms with Crippen molar-refractivity contribution < 1.29 is 4.79 Å². The monoisotopic (exact) mass is 374 g/mol. The molecular formula is C23H26N4O. The minimum absolute atomic E-state index is 0.0176. The number of H-pyrrole nitrogens is 1. The molecule has 28 heavy (non-hydrogen) atoms. The largest absolute Gasteiger partial charge is 0.334 e. The van der Waals surface area contributed by atoms with Crippen LogP contribution in [0.5, 0.6) is 0 Å². The molecule has 0 saturated heterocycles. The minimum Gasteiger partial charge on any atom is -0.334 e. The van der Waals surface area contributed by atoms with Crippen LogP contribution in [0.4, 0.5) is 0 Å². The van der Waals surface area contributed by atoms with Gasteiger partial charge in [-0.05, 0) is 50.3 Å². The van der Waals surface area contributed by atoms with E-state index in [1.54, 1.807) is 0 Å². The molecule has 5 heteroatoms. The van der Waals surface area contributed by atoms with Gasteiger partial charge in [0.05, 0.1) is 16.6 Å². The third-order valence-electron chi connectivity index (χ3n) is 6.70. The molecule has 3 aromatic rings. The lowest BCUT2D eigenvalue weighted by molar-refractivity contribution is 0.0625. The molecule has 1 heterocycles. The molecule has 1 aromatic heterocycles. The van der Waals surface area contributed by atoms with Gasteiger partial charge in [0.25, 0.3) is 5.91 Å². The van der Waals surface area contributed by atoms with Gasteiger partial charge in [0.1, 0.15) is 0 Å². The summed E-state index contributed by atoms with van der Waals surface area (Å²) in [4.78, 5) is 23.2. The van der Waals surface area contributed by atoms with Crippen molar-refractivity contribution in [2.24, 2.45) is 0 Å². The predicted molar refractivity (Wildman–Crippen MR) is 110 cm³/mol. The normalized spacial score (nSPS) is 25.6. The van der Waals surface area contributed by atoms with Gasteiger partial charge in [0.15, 0.2) is 5.82 Å². The number of aromatic nitrogens is 2. The number of carbonyl (C=O) groups is 1. The maximum absolute atomic E-state index is 13.4. The topological polar surface area (TPSA) is 61.0 Å². The zero-order chi connectivity index (χ0) is 19.2. The van der Waals surface area contributed by atoms with Gasteiger partial charge >= 0.3 is 0 Å². The number of para-hydroxylation sites is 2. The molecule has 2 fully saturated rings. The van der Waals surface area contributed by atoms with E-state index in [1.165, 1.54) is 5.56 Å². The van der Waals surface area contributed by atoms with Gasteiger partial charge < -0.3 is 15.2 Å². The summed E-state index contributed by atoms with van der Waals surface area (Å²) < 4.78 is 0. The van der Waals surface area contributed by atoms with Crippen LogP contribution in [-0.2, 0) is 6.54 Å². The van der Waals surface area contributed by atoms with Crippen LogP contribution in [0.25, 0.3) is 11.0 Å². The fourth-order valence-corrected chi connectivity index (χ4v) is 5.28. The highest BCUT2D eigenvalue weighted by molar-refractivity contribution is 5.95. The van der Waals surface area contributed by atoms with Crippen molar-refractivity contribution in [1.82, 2.24) is 20.2 Å². The average Bonchev–Trinajstić information content (AvgIpc) is 3.04. The SMILES string of the molecule is CCN(C(=O)c1nc2ccccc2[nH]1)[C@]12CCC[C@]1(NCc1ccccc1)C2. The van der Waals surface area contributed by atoms with Crippen molar-refractivity contribution in [1.29, 1.82) is 0 Å². The van der Waals surface area contributed by atoms with Crippen LogP contribution in [-0.4, -0.2) is 38.4 Å². The molecule has 1 amide bonds. The second-order valence-electron chi connectivity index (χ2n) is 8.14. The van der Waals surface area contributed by atoms with E-state index < -0.39 is 0 Å². The van der Waals surface area contributed by atoms with E-state index in [9.17, 15) is 4.79 Å². The molecule has 0 unspecified atom stereocenters. The Hall–Kier alpha value is -2.66. The van der Waals surface area contributed by atoms with Gasteiger partial charge in [-0.15, -0.1) is 0 Å². The maximum atomic E-state index is 13.4. The fraction of sp³-hybridized carbons (Fsp3) is 0.391. The number of nitrogens with zero attached hydrogens (tertiary/aromatic N) is 2. The van der Waals surface area contributed by atoms with E-state index in [1.807, 2.05) is 30.3 Å². The van der Waals surface area contributed by atoms with Crippen LogP contribution in [0, 0.1) is 0 Å². The molecule has 2 N–H and O–H groups in total. The summed E-state index contributed by atoms with van der Waals surface area (Å²) in [5.41, 5.74) is 3.01. The molecule has 0 spiro atoms. The summed E-state index contributed by atoms with van der Waals surface area (Å²) in [5, 5.41) is 3.81. The Bertz CT molecular complexity index is 981. The highest BCUT2D eigenvalue weighted by Gasteiger charge is 2.73. The Kier molecular flexibility index (Phi) is 4.02. The molecule has 0 radical (unpaired) electrons. The van der Waals surface area contributed by atoms with Gasteiger partial charge in [-0.2, -0.15) is 0 Å². The first kappa shape index (κ1) is 17.4. The molecule has 5 nitrogen and oxygen atoms in total. The molecule has 2 aliphatic rings. The Balaban J connectivity index is 1.39. The summed E-state index contributed by atoms with van der Waals surface area (Å²) in [5.74, 6) is 0.470. The summed E-state index contributed by atoms with van der Waals surface area (Å²) in [6, 6.07) is 18.3. The molecule has 0 aliphatic heterocycles. The van der Waals surface area contributed by atoms with E-state index in [0.29, 0.717) is 12.4 Å². The van der Waals surface area contributed by atoms with E-state index >= 15 is 0 Å². The summed E-state index contributed by atoms with van der Waals surface area (Å²) in [6.45, 7) is 3.62. The number of amides is 1. The average molecular weight is 374 g/mol. The lowest BCUT2D eigenvalue weighted by atomic mass is 10.1. The number of imidazole rings is 1. The van der Waals surface area contributed by atoms with E-state index in [0.717, 1.165) is 43.3 Å². The smallest absolute Gasteiger partial charge is 0.290 e. The lowest BCUT2D eigenvalue weighted by Gasteiger charge is -2.32. The standard InChI is InChI=1S/C23H26N4O/c1-2-27(21(28)20-25-18-11-6-7-12-19(18)26-20)23-14-8-13-22(23,16-23)24-15-17-9-4-3-5-10-17/h3-7,9-12,24H,2,8,13-16H2,1H3,(H,25,26)/t22-,23-/m0/s1. The van der Waals surface area contributed by atoms with Crippen molar-refractivity contribution in [2.45, 2.75) is 50.2 Å². The van der Waals surface area contributed by atoms with Crippen LogP contribution in [0.15, 0.2) is 54.6 Å². The van der Waals surface area contributed by atoms with Crippen LogP contribution in [0.3, 0.4) is 0 Å². The van der Waals surface area contributed by atoms with Crippen LogP contribution in [0.1, 0.15) is 48.8 Å².